The van der Waals surface area contributed by atoms with Gasteiger partial charge in [0, 0.05) is 13.0 Å². The Hall–Kier alpha value is -3.49. The molecular formula is C22H21F3N4O2. The summed E-state index contributed by atoms with van der Waals surface area (Å²) in [6.07, 6.45) is -3.57. The fourth-order valence-corrected chi connectivity index (χ4v) is 3.66. The van der Waals surface area contributed by atoms with Crippen molar-refractivity contribution >= 4 is 11.7 Å². The number of fused-ring (bicyclic) bond motifs is 1. The Morgan fingerprint density at radius 1 is 1.19 bits per heavy atom. The molecule has 1 amide bonds. The summed E-state index contributed by atoms with van der Waals surface area (Å²) >= 11 is 0. The van der Waals surface area contributed by atoms with Gasteiger partial charge in [-0.05, 0) is 23.3 Å². The van der Waals surface area contributed by atoms with E-state index in [1.165, 1.54) is 13.3 Å². The zero-order valence-electron chi connectivity index (χ0n) is 16.7. The molecule has 1 aliphatic rings. The summed E-state index contributed by atoms with van der Waals surface area (Å²) in [6, 6.07) is 13.6. The molecule has 0 saturated heterocycles. The molecule has 0 saturated carbocycles. The van der Waals surface area contributed by atoms with E-state index < -0.39 is 24.2 Å². The monoisotopic (exact) mass is 430 g/mol. The first-order valence-electron chi connectivity index (χ1n) is 9.73. The fraction of sp³-hybridized carbons (Fsp3) is 0.273. The average molecular weight is 430 g/mol. The second-order valence-electron chi connectivity index (χ2n) is 7.28. The Bertz CT molecular complexity index is 1050. The van der Waals surface area contributed by atoms with Gasteiger partial charge in [0.1, 0.15) is 17.1 Å². The van der Waals surface area contributed by atoms with Crippen LogP contribution in [0.5, 0.6) is 5.75 Å². The van der Waals surface area contributed by atoms with Crippen LogP contribution in [0.4, 0.5) is 19.0 Å². The van der Waals surface area contributed by atoms with E-state index in [0.717, 1.165) is 10.2 Å². The van der Waals surface area contributed by atoms with Crippen molar-refractivity contribution in [3.63, 3.8) is 0 Å². The van der Waals surface area contributed by atoms with E-state index in [9.17, 15) is 18.0 Å². The van der Waals surface area contributed by atoms with E-state index in [2.05, 4.69) is 15.7 Å². The largest absolute Gasteiger partial charge is 0.497 e. The van der Waals surface area contributed by atoms with Gasteiger partial charge in [0.2, 0.25) is 0 Å². The van der Waals surface area contributed by atoms with Crippen LogP contribution in [0.1, 0.15) is 40.0 Å². The zero-order valence-corrected chi connectivity index (χ0v) is 16.7. The highest BCUT2D eigenvalue weighted by Crippen LogP contribution is 2.44. The van der Waals surface area contributed by atoms with Gasteiger partial charge in [0.15, 0.2) is 6.04 Å². The van der Waals surface area contributed by atoms with E-state index in [-0.39, 0.29) is 24.3 Å². The highest BCUT2D eigenvalue weighted by Gasteiger charge is 2.47. The quantitative estimate of drug-likeness (QED) is 0.626. The molecule has 2 aromatic carbocycles. The maximum Gasteiger partial charge on any atom is 0.410 e. The molecule has 31 heavy (non-hydrogen) atoms. The molecule has 0 aliphatic carbocycles. The molecule has 2 unspecified atom stereocenters. The van der Waals surface area contributed by atoms with Gasteiger partial charge in [0.05, 0.1) is 19.3 Å². The molecule has 0 fully saturated rings. The molecular weight excluding hydrogens is 409 g/mol. The molecule has 162 valence electrons. The van der Waals surface area contributed by atoms with Crippen LogP contribution in [0.2, 0.25) is 0 Å². The van der Waals surface area contributed by atoms with Crippen LogP contribution in [-0.4, -0.2) is 29.0 Å². The summed E-state index contributed by atoms with van der Waals surface area (Å²) in [5, 5.41) is 9.71. The summed E-state index contributed by atoms with van der Waals surface area (Å²) in [5.74, 6) is 0.173. The third-order valence-corrected chi connectivity index (χ3v) is 5.30. The number of carbonyl (C=O) groups is 1. The molecule has 0 spiro atoms. The van der Waals surface area contributed by atoms with Gasteiger partial charge in [-0.1, -0.05) is 42.5 Å². The van der Waals surface area contributed by atoms with E-state index in [4.69, 9.17) is 4.74 Å². The number of methoxy groups -OCH3 is 1. The molecule has 1 aliphatic heterocycles. The van der Waals surface area contributed by atoms with Crippen LogP contribution in [0.15, 0.2) is 60.8 Å². The van der Waals surface area contributed by atoms with Crippen LogP contribution < -0.4 is 15.4 Å². The lowest BCUT2D eigenvalue weighted by Gasteiger charge is -2.34. The first-order valence-corrected chi connectivity index (χ1v) is 9.73. The second-order valence-corrected chi connectivity index (χ2v) is 7.28. The maximum atomic E-state index is 13.8. The maximum absolute atomic E-state index is 13.8. The lowest BCUT2D eigenvalue weighted by molar-refractivity contribution is -0.173. The Morgan fingerprint density at radius 3 is 2.55 bits per heavy atom. The summed E-state index contributed by atoms with van der Waals surface area (Å²) in [6.45, 7) is 0.259. The van der Waals surface area contributed by atoms with Crippen LogP contribution >= 0.6 is 0 Å². The normalized spacial score (nSPS) is 18.1. The zero-order chi connectivity index (χ0) is 22.0. The van der Waals surface area contributed by atoms with E-state index in [1.807, 2.05) is 30.3 Å². The van der Waals surface area contributed by atoms with Crippen molar-refractivity contribution in [2.75, 3.05) is 12.4 Å². The van der Waals surface area contributed by atoms with Crippen molar-refractivity contribution in [2.45, 2.75) is 31.2 Å². The topological polar surface area (TPSA) is 68.2 Å². The van der Waals surface area contributed by atoms with Crippen molar-refractivity contribution in [3.8, 4) is 5.75 Å². The number of ether oxygens (including phenoxy) is 1. The molecule has 1 aromatic heterocycles. The summed E-state index contributed by atoms with van der Waals surface area (Å²) in [5.41, 5.74) is 1.62. The highest BCUT2D eigenvalue weighted by atomic mass is 19.4. The van der Waals surface area contributed by atoms with Gasteiger partial charge in [-0.2, -0.15) is 18.3 Å². The molecule has 6 nitrogen and oxygen atoms in total. The average Bonchev–Trinajstić information content (AvgIpc) is 3.21. The second kappa shape index (κ2) is 8.33. The third-order valence-electron chi connectivity index (χ3n) is 5.30. The summed E-state index contributed by atoms with van der Waals surface area (Å²) in [7, 11) is 1.52. The standard InChI is InChI=1S/C22H21F3N4O2/c1-31-16-9-7-15(8-10-16)18-11-19(22(23,24)25)29-20(28-18)17(13-27-29)21(30)26-12-14-5-3-2-4-6-14/h2-10,13,18-19,28H,11-12H2,1H3,(H,26,30). The number of anilines is 1. The molecule has 0 bridgehead atoms. The van der Waals surface area contributed by atoms with Crippen molar-refractivity contribution in [1.29, 1.82) is 0 Å². The molecule has 3 aromatic rings. The minimum atomic E-state index is -4.51. The van der Waals surface area contributed by atoms with E-state index >= 15 is 0 Å². The number of hydrogen-bond acceptors (Lipinski definition) is 4. The number of hydrogen-bond donors (Lipinski definition) is 2. The lowest BCUT2D eigenvalue weighted by atomic mass is 9.96. The van der Waals surface area contributed by atoms with Crippen molar-refractivity contribution in [3.05, 3.63) is 77.5 Å². The van der Waals surface area contributed by atoms with Gasteiger partial charge >= 0.3 is 6.18 Å². The number of rotatable bonds is 5. The molecule has 2 atom stereocenters. The number of carbonyl (C=O) groups excluding carboxylic acids is 1. The number of aromatic nitrogens is 2. The van der Waals surface area contributed by atoms with Crippen LogP contribution in [0.25, 0.3) is 0 Å². The first-order chi connectivity index (χ1) is 14.9. The SMILES string of the molecule is COc1ccc(C2CC(C(F)(F)F)n3ncc(C(=O)NCc4ccccc4)c3N2)cc1. The number of alkyl halides is 3. The predicted octanol–water partition coefficient (Wildman–Crippen LogP) is 4.48. The van der Waals surface area contributed by atoms with Gasteiger partial charge in [0.25, 0.3) is 5.91 Å². The van der Waals surface area contributed by atoms with E-state index in [0.29, 0.717) is 11.3 Å². The molecule has 2 N–H and O–H groups in total. The van der Waals surface area contributed by atoms with Crippen molar-refractivity contribution in [1.82, 2.24) is 15.1 Å². The van der Waals surface area contributed by atoms with Gasteiger partial charge in [-0.15, -0.1) is 0 Å². The Balaban J connectivity index is 1.61. The molecule has 4 rings (SSSR count). The number of amides is 1. The highest BCUT2D eigenvalue weighted by molar-refractivity contribution is 5.98. The van der Waals surface area contributed by atoms with Crippen LogP contribution in [0.3, 0.4) is 0 Å². The minimum Gasteiger partial charge on any atom is -0.497 e. The molecule has 9 heteroatoms. The van der Waals surface area contributed by atoms with Crippen molar-refractivity contribution < 1.29 is 22.7 Å². The Kier molecular flexibility index (Phi) is 5.58. The lowest BCUT2D eigenvalue weighted by Crippen LogP contribution is -2.36. The van der Waals surface area contributed by atoms with Crippen LogP contribution in [-0.2, 0) is 6.54 Å². The Morgan fingerprint density at radius 2 is 1.90 bits per heavy atom. The summed E-state index contributed by atoms with van der Waals surface area (Å²) in [4.78, 5) is 12.7. The van der Waals surface area contributed by atoms with Gasteiger partial charge in [-0.3, -0.25) is 4.79 Å². The van der Waals surface area contributed by atoms with Crippen molar-refractivity contribution in [2.24, 2.45) is 0 Å². The Labute approximate surface area is 177 Å². The molecule has 2 heterocycles. The minimum absolute atomic E-state index is 0.0555. The smallest absolute Gasteiger partial charge is 0.410 e. The number of nitrogens with one attached hydrogen (secondary N) is 2. The fourth-order valence-electron chi connectivity index (χ4n) is 3.66. The first kappa shape index (κ1) is 20.8. The van der Waals surface area contributed by atoms with Gasteiger partial charge < -0.3 is 15.4 Å². The summed E-state index contributed by atoms with van der Waals surface area (Å²) < 4.78 is 47.4. The van der Waals surface area contributed by atoms with E-state index in [1.54, 1.807) is 24.3 Å². The van der Waals surface area contributed by atoms with Crippen LogP contribution in [0, 0.1) is 0 Å². The number of benzene rings is 2. The van der Waals surface area contributed by atoms with Gasteiger partial charge in [-0.25, -0.2) is 4.68 Å². The third kappa shape index (κ3) is 4.35. The molecule has 0 radical (unpaired) electrons. The predicted molar refractivity (Wildman–Crippen MR) is 109 cm³/mol. The number of halogens is 3. The number of nitrogens with zero attached hydrogens (tertiary/aromatic N) is 2.